The maximum absolute atomic E-state index is 6.30. The van der Waals surface area contributed by atoms with E-state index in [0.717, 1.165) is 27.5 Å². The van der Waals surface area contributed by atoms with E-state index in [4.69, 9.17) is 4.42 Å². The SMILES string of the molecule is c1ccc(-c2c3ccccc3c(-c3cccc4ccccc34)c3cccc(-c4ccc5oc6ccccc6c5c4)c23)c(-c2cccc3ccccc23)c1. The van der Waals surface area contributed by atoms with Crippen LogP contribution in [-0.4, -0.2) is 0 Å². The van der Waals surface area contributed by atoms with Crippen LogP contribution in [0.25, 0.3) is 110 Å². The molecule has 0 amide bonds. The van der Waals surface area contributed by atoms with Crippen molar-refractivity contribution in [2.45, 2.75) is 0 Å². The van der Waals surface area contributed by atoms with Gasteiger partial charge in [-0.2, -0.15) is 0 Å². The number of furan rings is 1. The van der Waals surface area contributed by atoms with E-state index < -0.39 is 0 Å². The second-order valence-corrected chi connectivity index (χ2v) is 13.9. The highest BCUT2D eigenvalue weighted by molar-refractivity contribution is 6.27. The molecule has 11 aromatic rings. The summed E-state index contributed by atoms with van der Waals surface area (Å²) in [5, 5.41) is 12.2. The summed E-state index contributed by atoms with van der Waals surface area (Å²) >= 11 is 0. The number of rotatable bonds is 4. The zero-order chi connectivity index (χ0) is 34.9. The molecule has 0 aliphatic rings. The Kier molecular flexibility index (Phi) is 6.62. The van der Waals surface area contributed by atoms with Crippen LogP contribution >= 0.6 is 0 Å². The summed E-state index contributed by atoms with van der Waals surface area (Å²) in [6, 6.07) is 70.7. The summed E-state index contributed by atoms with van der Waals surface area (Å²) < 4.78 is 6.30. The lowest BCUT2D eigenvalue weighted by Gasteiger charge is -2.23. The minimum absolute atomic E-state index is 0.901. The molecule has 0 fully saturated rings. The highest BCUT2D eigenvalue weighted by Crippen LogP contribution is 2.50. The van der Waals surface area contributed by atoms with Gasteiger partial charge in [0.25, 0.3) is 0 Å². The third kappa shape index (κ3) is 4.58. The van der Waals surface area contributed by atoms with E-state index in [1.165, 1.54) is 82.0 Å². The maximum atomic E-state index is 6.30. The van der Waals surface area contributed by atoms with Gasteiger partial charge in [0.2, 0.25) is 0 Å². The number of benzene rings is 10. The first-order valence-corrected chi connectivity index (χ1v) is 18.3. The molecule has 53 heavy (non-hydrogen) atoms. The fourth-order valence-electron chi connectivity index (χ4n) is 8.77. The molecule has 1 nitrogen and oxygen atoms in total. The summed E-state index contributed by atoms with van der Waals surface area (Å²) in [4.78, 5) is 0. The molecule has 0 spiro atoms. The van der Waals surface area contributed by atoms with Crippen molar-refractivity contribution >= 4 is 65.0 Å². The molecule has 0 aliphatic heterocycles. The minimum Gasteiger partial charge on any atom is -0.456 e. The van der Waals surface area contributed by atoms with Crippen molar-refractivity contribution in [3.05, 3.63) is 194 Å². The molecule has 0 saturated carbocycles. The summed E-state index contributed by atoms with van der Waals surface area (Å²) in [6.07, 6.45) is 0. The molecule has 1 aromatic heterocycles. The van der Waals surface area contributed by atoms with Crippen LogP contribution in [0.1, 0.15) is 0 Å². The summed E-state index contributed by atoms with van der Waals surface area (Å²) in [5.74, 6) is 0. The molecule has 10 aromatic carbocycles. The second kappa shape index (κ2) is 11.8. The van der Waals surface area contributed by atoms with Gasteiger partial charge >= 0.3 is 0 Å². The normalized spacial score (nSPS) is 11.8. The number of hydrogen-bond donors (Lipinski definition) is 0. The Balaban J connectivity index is 1.32. The van der Waals surface area contributed by atoms with E-state index in [-0.39, 0.29) is 0 Å². The fraction of sp³-hybridized carbons (Fsp3) is 0. The topological polar surface area (TPSA) is 13.1 Å². The Morgan fingerprint density at radius 2 is 0.755 bits per heavy atom. The zero-order valence-electron chi connectivity index (χ0n) is 28.9. The third-order valence-corrected chi connectivity index (χ3v) is 11.1. The van der Waals surface area contributed by atoms with Gasteiger partial charge in [0.1, 0.15) is 11.2 Å². The minimum atomic E-state index is 0.901. The van der Waals surface area contributed by atoms with Crippen molar-refractivity contribution in [2.24, 2.45) is 0 Å². The van der Waals surface area contributed by atoms with E-state index in [2.05, 4.69) is 188 Å². The summed E-state index contributed by atoms with van der Waals surface area (Å²) in [6.45, 7) is 0. The van der Waals surface area contributed by atoms with Gasteiger partial charge in [0.15, 0.2) is 0 Å². The van der Waals surface area contributed by atoms with Crippen molar-refractivity contribution in [1.29, 1.82) is 0 Å². The molecule has 1 heteroatoms. The van der Waals surface area contributed by atoms with Crippen LogP contribution in [0, 0.1) is 0 Å². The molecule has 1 heterocycles. The van der Waals surface area contributed by atoms with Gasteiger partial charge in [0.05, 0.1) is 0 Å². The number of fused-ring (bicyclic) bond motifs is 7. The lowest BCUT2D eigenvalue weighted by Crippen LogP contribution is -1.95. The van der Waals surface area contributed by atoms with Crippen LogP contribution in [0.2, 0.25) is 0 Å². The maximum Gasteiger partial charge on any atom is 0.135 e. The highest BCUT2D eigenvalue weighted by Gasteiger charge is 2.23. The van der Waals surface area contributed by atoms with Gasteiger partial charge in [-0.25, -0.2) is 0 Å². The Bertz CT molecular complexity index is 3220. The molecular formula is C52H32O. The van der Waals surface area contributed by atoms with E-state index in [0.29, 0.717) is 0 Å². The molecule has 246 valence electrons. The zero-order valence-corrected chi connectivity index (χ0v) is 28.9. The van der Waals surface area contributed by atoms with Crippen LogP contribution in [0.15, 0.2) is 199 Å². The number of para-hydroxylation sites is 1. The Morgan fingerprint density at radius 1 is 0.264 bits per heavy atom. The van der Waals surface area contributed by atoms with E-state index >= 15 is 0 Å². The van der Waals surface area contributed by atoms with E-state index in [1.807, 2.05) is 6.07 Å². The molecule has 0 atom stereocenters. The first-order chi connectivity index (χ1) is 26.3. The lowest BCUT2D eigenvalue weighted by molar-refractivity contribution is 0.669. The van der Waals surface area contributed by atoms with Gasteiger partial charge < -0.3 is 4.42 Å². The standard InChI is InChI=1S/C52H32O/c1-3-18-36-33(14-1)16-11-26-39(36)40-20-5-6-22-43(40)52-45-24-8-7-23-44(45)50(42-27-12-17-34-15-2-4-19-37(34)42)46-28-13-25-38(51(46)52)35-30-31-49-47(32-35)41-21-9-10-29-48(41)53-49/h1-32H. The van der Waals surface area contributed by atoms with Crippen LogP contribution < -0.4 is 0 Å². The quantitative estimate of drug-likeness (QED) is 0.170. The van der Waals surface area contributed by atoms with Gasteiger partial charge in [-0.1, -0.05) is 176 Å². The third-order valence-electron chi connectivity index (χ3n) is 11.1. The largest absolute Gasteiger partial charge is 0.456 e. The molecule has 0 unspecified atom stereocenters. The Morgan fingerprint density at radius 3 is 1.53 bits per heavy atom. The van der Waals surface area contributed by atoms with Gasteiger partial charge in [0, 0.05) is 10.8 Å². The van der Waals surface area contributed by atoms with Crippen molar-refractivity contribution in [2.75, 3.05) is 0 Å². The van der Waals surface area contributed by atoms with Gasteiger partial charge in [-0.15, -0.1) is 0 Å². The predicted molar refractivity (Wildman–Crippen MR) is 225 cm³/mol. The molecule has 0 saturated heterocycles. The van der Waals surface area contributed by atoms with Crippen LogP contribution in [-0.2, 0) is 0 Å². The molecule has 0 bridgehead atoms. The first-order valence-electron chi connectivity index (χ1n) is 18.3. The summed E-state index contributed by atoms with van der Waals surface area (Å²) in [5.41, 5.74) is 11.6. The highest BCUT2D eigenvalue weighted by atomic mass is 16.3. The van der Waals surface area contributed by atoms with Gasteiger partial charge in [-0.3, -0.25) is 0 Å². The van der Waals surface area contributed by atoms with E-state index in [1.54, 1.807) is 0 Å². The Labute approximate surface area is 307 Å². The average molecular weight is 673 g/mol. The molecular weight excluding hydrogens is 641 g/mol. The van der Waals surface area contributed by atoms with Crippen LogP contribution in [0.4, 0.5) is 0 Å². The molecule has 0 radical (unpaired) electrons. The molecule has 0 N–H and O–H groups in total. The predicted octanol–water partition coefficient (Wildman–Crippen LogP) is 14.9. The van der Waals surface area contributed by atoms with Crippen molar-refractivity contribution in [3.8, 4) is 44.5 Å². The monoisotopic (exact) mass is 672 g/mol. The first kappa shape index (κ1) is 29.7. The lowest BCUT2D eigenvalue weighted by atomic mass is 9.80. The van der Waals surface area contributed by atoms with Gasteiger partial charge in [-0.05, 0) is 106 Å². The molecule has 0 aliphatic carbocycles. The molecule has 11 rings (SSSR count). The van der Waals surface area contributed by atoms with Crippen molar-refractivity contribution in [3.63, 3.8) is 0 Å². The fourth-order valence-corrected chi connectivity index (χ4v) is 8.77. The van der Waals surface area contributed by atoms with Crippen molar-refractivity contribution in [1.82, 2.24) is 0 Å². The van der Waals surface area contributed by atoms with Crippen LogP contribution in [0.3, 0.4) is 0 Å². The smallest absolute Gasteiger partial charge is 0.135 e. The number of hydrogen-bond acceptors (Lipinski definition) is 1. The second-order valence-electron chi connectivity index (χ2n) is 13.9. The summed E-state index contributed by atoms with van der Waals surface area (Å²) in [7, 11) is 0. The average Bonchev–Trinajstić information content (AvgIpc) is 3.60. The van der Waals surface area contributed by atoms with Crippen LogP contribution in [0.5, 0.6) is 0 Å². The Hall–Kier alpha value is -6.96. The van der Waals surface area contributed by atoms with Crippen molar-refractivity contribution < 1.29 is 4.42 Å². The van der Waals surface area contributed by atoms with E-state index in [9.17, 15) is 0 Å².